The fraction of sp³-hybridized carbons (Fsp3) is 0.364. The molecule has 0 radical (unpaired) electrons. The Balaban J connectivity index is 2.46. The molecule has 19 heavy (non-hydrogen) atoms. The molecule has 0 aliphatic heterocycles. The van der Waals surface area contributed by atoms with Gasteiger partial charge in [-0.2, -0.15) is 11.8 Å². The number of aliphatic carboxylic acids is 1. The molecule has 1 rings (SSSR count). The maximum atomic E-state index is 10.5. The third-order valence-electron chi connectivity index (χ3n) is 2.40. The van der Waals surface area contributed by atoms with Crippen LogP contribution in [0.5, 0.6) is 0 Å². The summed E-state index contributed by atoms with van der Waals surface area (Å²) in [7, 11) is 0. The first kappa shape index (κ1) is 15.7. The van der Waals surface area contributed by atoms with E-state index in [1.54, 1.807) is 6.07 Å². The fourth-order valence-electron chi connectivity index (χ4n) is 1.28. The molecule has 1 aromatic carbocycles. The largest absolute Gasteiger partial charge is 0.480 e. The number of nitro groups is 1. The Bertz CT molecular complexity index is 484. The molecule has 1 unspecified atom stereocenters. The van der Waals surface area contributed by atoms with Crippen LogP contribution in [-0.4, -0.2) is 27.8 Å². The quantitative estimate of drug-likeness (QED) is 0.454. The molecule has 0 aliphatic rings. The zero-order chi connectivity index (χ0) is 14.4. The van der Waals surface area contributed by atoms with Crippen LogP contribution < -0.4 is 5.73 Å². The smallest absolute Gasteiger partial charge is 0.320 e. The van der Waals surface area contributed by atoms with Crippen molar-refractivity contribution in [3.8, 4) is 0 Å². The summed E-state index contributed by atoms with van der Waals surface area (Å²) in [5.74, 6) is 0.123. The molecule has 0 fully saturated rings. The van der Waals surface area contributed by atoms with Gasteiger partial charge >= 0.3 is 5.97 Å². The Morgan fingerprint density at radius 2 is 2.26 bits per heavy atom. The lowest BCUT2D eigenvalue weighted by Crippen LogP contribution is -2.30. The second kappa shape index (κ2) is 7.32. The average Bonchev–Trinajstić information content (AvgIpc) is 2.35. The van der Waals surface area contributed by atoms with Gasteiger partial charge < -0.3 is 10.8 Å². The molecular formula is C11H13ClN2O4S. The summed E-state index contributed by atoms with van der Waals surface area (Å²) in [5.41, 5.74) is 6.09. The number of carboxylic acids is 1. The summed E-state index contributed by atoms with van der Waals surface area (Å²) < 4.78 is 0. The van der Waals surface area contributed by atoms with Crippen LogP contribution in [0.3, 0.4) is 0 Å². The van der Waals surface area contributed by atoms with Gasteiger partial charge in [-0.25, -0.2) is 0 Å². The molecule has 0 aromatic heterocycles. The summed E-state index contributed by atoms with van der Waals surface area (Å²) in [6.07, 6.45) is 0.366. The van der Waals surface area contributed by atoms with Crippen LogP contribution in [0.25, 0.3) is 0 Å². The molecule has 1 aromatic rings. The van der Waals surface area contributed by atoms with Crippen molar-refractivity contribution in [1.29, 1.82) is 0 Å². The Morgan fingerprint density at radius 1 is 1.58 bits per heavy atom. The number of benzene rings is 1. The molecule has 0 spiro atoms. The normalized spacial score (nSPS) is 12.1. The molecule has 3 N–H and O–H groups in total. The van der Waals surface area contributed by atoms with Crippen LogP contribution in [0.15, 0.2) is 18.2 Å². The predicted octanol–water partition coefficient (Wildman–Crippen LogP) is 2.28. The Morgan fingerprint density at radius 3 is 2.79 bits per heavy atom. The van der Waals surface area contributed by atoms with Crippen molar-refractivity contribution >= 4 is 35.0 Å². The van der Waals surface area contributed by atoms with Gasteiger partial charge in [0.05, 0.1) is 9.95 Å². The minimum Gasteiger partial charge on any atom is -0.480 e. The van der Waals surface area contributed by atoms with Crippen molar-refractivity contribution in [3.05, 3.63) is 38.9 Å². The number of hydrogen-bond acceptors (Lipinski definition) is 5. The SMILES string of the molecule is NC(CCSCc1ccc([N+](=O)[O-])cc1Cl)C(=O)O. The topological polar surface area (TPSA) is 106 Å². The van der Waals surface area contributed by atoms with Crippen molar-refractivity contribution in [2.75, 3.05) is 5.75 Å². The third-order valence-corrected chi connectivity index (χ3v) is 3.79. The van der Waals surface area contributed by atoms with Gasteiger partial charge in [-0.05, 0) is 23.8 Å². The molecule has 6 nitrogen and oxygen atoms in total. The van der Waals surface area contributed by atoms with E-state index in [-0.39, 0.29) is 5.69 Å². The molecule has 0 amide bonds. The van der Waals surface area contributed by atoms with E-state index in [2.05, 4.69) is 0 Å². The van der Waals surface area contributed by atoms with Gasteiger partial charge in [0.2, 0.25) is 0 Å². The van der Waals surface area contributed by atoms with Crippen LogP contribution in [0, 0.1) is 10.1 Å². The van der Waals surface area contributed by atoms with Crippen LogP contribution >= 0.6 is 23.4 Å². The number of carboxylic acid groups (broad SMARTS) is 1. The first-order valence-electron chi connectivity index (χ1n) is 5.40. The van der Waals surface area contributed by atoms with Crippen LogP contribution in [0.1, 0.15) is 12.0 Å². The molecule has 0 saturated heterocycles. The Kier molecular flexibility index (Phi) is 6.07. The van der Waals surface area contributed by atoms with E-state index in [9.17, 15) is 14.9 Å². The van der Waals surface area contributed by atoms with Crippen molar-refractivity contribution in [2.45, 2.75) is 18.2 Å². The standard InChI is InChI=1S/C11H13ClN2O4S/c12-9-5-8(14(17)18)2-1-7(9)6-19-4-3-10(13)11(15)16/h1-2,5,10H,3-4,6,13H2,(H,15,16). The van der Waals surface area contributed by atoms with Gasteiger partial charge in [-0.1, -0.05) is 11.6 Å². The van der Waals surface area contributed by atoms with E-state index in [4.69, 9.17) is 22.4 Å². The zero-order valence-corrected chi connectivity index (χ0v) is 11.5. The summed E-state index contributed by atoms with van der Waals surface area (Å²) in [5, 5.41) is 19.5. The van der Waals surface area contributed by atoms with Gasteiger partial charge in [-0.3, -0.25) is 14.9 Å². The summed E-state index contributed by atoms with van der Waals surface area (Å²) in [6.45, 7) is 0. The van der Waals surface area contributed by atoms with Crippen molar-refractivity contribution in [2.24, 2.45) is 5.73 Å². The fourth-order valence-corrected chi connectivity index (χ4v) is 2.64. The van der Waals surface area contributed by atoms with Gasteiger partial charge in [0.15, 0.2) is 0 Å². The highest BCUT2D eigenvalue weighted by atomic mass is 35.5. The van der Waals surface area contributed by atoms with Gasteiger partial charge in [0, 0.05) is 17.9 Å². The van der Waals surface area contributed by atoms with E-state index >= 15 is 0 Å². The highest BCUT2D eigenvalue weighted by Crippen LogP contribution is 2.26. The predicted molar refractivity (Wildman–Crippen MR) is 74.5 cm³/mol. The van der Waals surface area contributed by atoms with E-state index in [0.717, 1.165) is 5.56 Å². The molecule has 104 valence electrons. The second-order valence-electron chi connectivity index (χ2n) is 3.82. The first-order valence-corrected chi connectivity index (χ1v) is 6.94. The number of thioether (sulfide) groups is 1. The molecule has 8 heteroatoms. The summed E-state index contributed by atoms with van der Waals surface area (Å²) in [6, 6.07) is 3.44. The van der Waals surface area contributed by atoms with Crippen LogP contribution in [-0.2, 0) is 10.5 Å². The highest BCUT2D eigenvalue weighted by molar-refractivity contribution is 7.98. The highest BCUT2D eigenvalue weighted by Gasteiger charge is 2.12. The van der Waals surface area contributed by atoms with Crippen molar-refractivity contribution in [3.63, 3.8) is 0 Å². The number of halogens is 1. The molecule has 1 atom stereocenters. The lowest BCUT2D eigenvalue weighted by atomic mass is 10.2. The lowest BCUT2D eigenvalue weighted by Gasteiger charge is -2.07. The number of nitrogens with zero attached hydrogens (tertiary/aromatic N) is 1. The van der Waals surface area contributed by atoms with Gasteiger partial charge in [-0.15, -0.1) is 0 Å². The minimum absolute atomic E-state index is 0.0494. The number of hydrogen-bond donors (Lipinski definition) is 2. The Labute approximate surface area is 119 Å². The summed E-state index contributed by atoms with van der Waals surface area (Å²) in [4.78, 5) is 20.5. The number of carbonyl (C=O) groups is 1. The lowest BCUT2D eigenvalue weighted by molar-refractivity contribution is -0.384. The van der Waals surface area contributed by atoms with Crippen LogP contribution in [0.4, 0.5) is 5.69 Å². The maximum absolute atomic E-state index is 10.5. The molecule has 0 heterocycles. The monoisotopic (exact) mass is 304 g/mol. The van der Waals surface area contributed by atoms with Gasteiger partial charge in [0.1, 0.15) is 6.04 Å². The zero-order valence-electron chi connectivity index (χ0n) is 9.91. The number of non-ortho nitro benzene ring substituents is 1. The van der Waals surface area contributed by atoms with Crippen molar-refractivity contribution in [1.82, 2.24) is 0 Å². The van der Waals surface area contributed by atoms with E-state index < -0.39 is 16.9 Å². The minimum atomic E-state index is -1.02. The van der Waals surface area contributed by atoms with E-state index in [1.165, 1.54) is 23.9 Å². The van der Waals surface area contributed by atoms with E-state index in [0.29, 0.717) is 22.9 Å². The van der Waals surface area contributed by atoms with Crippen molar-refractivity contribution < 1.29 is 14.8 Å². The summed E-state index contributed by atoms with van der Waals surface area (Å²) >= 11 is 7.41. The number of rotatable bonds is 7. The Hall–Kier alpha value is -1.31. The first-order chi connectivity index (χ1) is 8.91. The van der Waals surface area contributed by atoms with E-state index in [1.807, 2.05) is 0 Å². The molecule has 0 bridgehead atoms. The third kappa shape index (κ3) is 5.06. The molecule has 0 aliphatic carbocycles. The molecule has 0 saturated carbocycles. The second-order valence-corrected chi connectivity index (χ2v) is 5.33. The molecular weight excluding hydrogens is 292 g/mol. The number of nitro benzene ring substituents is 1. The average molecular weight is 305 g/mol. The maximum Gasteiger partial charge on any atom is 0.320 e. The van der Waals surface area contributed by atoms with Gasteiger partial charge in [0.25, 0.3) is 5.69 Å². The number of nitrogens with two attached hydrogens (primary N) is 1. The van der Waals surface area contributed by atoms with Crippen LogP contribution in [0.2, 0.25) is 5.02 Å².